The Balaban J connectivity index is 1.96. The first-order chi connectivity index (χ1) is 24.0. The van der Waals surface area contributed by atoms with E-state index in [4.69, 9.17) is 38.7 Å². The molecule has 0 aliphatic carbocycles. The molecule has 8 bridgehead atoms. The molecule has 0 aromatic heterocycles. The van der Waals surface area contributed by atoms with Crippen LogP contribution in [-0.4, -0.2) is 75.0 Å². The molecule has 6 heterocycles. The highest BCUT2D eigenvalue weighted by molar-refractivity contribution is 7.13. The first-order valence-electron chi connectivity index (χ1n) is 21.3. The molecular weight excluding hydrogens is 787 g/mol. The van der Waals surface area contributed by atoms with Gasteiger partial charge in [-0.3, -0.25) is 0 Å². The van der Waals surface area contributed by atoms with Crippen molar-refractivity contribution >= 4 is 68.5 Å². The van der Waals surface area contributed by atoms with Crippen molar-refractivity contribution < 1.29 is 32.9 Å². The minimum absolute atomic E-state index is 0.398. The average molecular weight is 867 g/mol. The van der Waals surface area contributed by atoms with E-state index in [0.717, 1.165) is 77.4 Å². The van der Waals surface area contributed by atoms with Crippen LogP contribution in [0.3, 0.4) is 0 Å². The van der Waals surface area contributed by atoms with Crippen molar-refractivity contribution in [1.82, 2.24) is 0 Å². The first-order valence-corrected chi connectivity index (χ1v) is 39.1. The fraction of sp³-hybridized carbons (Fsp3) is 1.00. The van der Waals surface area contributed by atoms with E-state index < -0.39 is 68.5 Å². The van der Waals surface area contributed by atoms with Crippen LogP contribution in [0.5, 0.6) is 0 Å². The summed E-state index contributed by atoms with van der Waals surface area (Å²) in [5.41, 5.74) is 9.65. The number of hydrogen-bond acceptors (Lipinski definition) is 9. The van der Waals surface area contributed by atoms with Gasteiger partial charge < -0.3 is 38.7 Å². The smallest absolute Gasteiger partial charge is 0.322 e. The summed E-state index contributed by atoms with van der Waals surface area (Å²) < 4.78 is 66.3. The van der Waals surface area contributed by atoms with E-state index in [1.165, 1.54) is 0 Å². The van der Waals surface area contributed by atoms with Gasteiger partial charge in [-0.05, 0) is 103 Å². The van der Waals surface area contributed by atoms with Crippen molar-refractivity contribution in [3.63, 3.8) is 0 Å². The van der Waals surface area contributed by atoms with Gasteiger partial charge in [-0.15, -0.1) is 0 Å². The predicted molar refractivity (Wildman–Crippen MR) is 230 cm³/mol. The van der Waals surface area contributed by atoms with Crippen LogP contribution in [0, 0.1) is 41.4 Å². The molecule has 8 unspecified atom stereocenters. The lowest BCUT2D eigenvalue weighted by molar-refractivity contribution is 0.156. The molecule has 0 aromatic carbocycles. The molecule has 9 nitrogen and oxygen atoms in total. The molecule has 6 aliphatic heterocycles. The lowest BCUT2D eigenvalue weighted by Gasteiger charge is -2.66. The molecule has 0 saturated carbocycles. The van der Waals surface area contributed by atoms with E-state index in [9.17, 15) is 0 Å². The van der Waals surface area contributed by atoms with Crippen molar-refractivity contribution in [3.8, 4) is 0 Å². The Morgan fingerprint density at radius 2 is 0.500 bits per heavy atom. The Bertz CT molecular complexity index is 1080. The molecule has 304 valence electrons. The maximum absolute atomic E-state index is 8.33. The predicted octanol–water partition coefficient (Wildman–Crippen LogP) is 9.82. The normalized spacial score (nSPS) is 41.9. The zero-order chi connectivity index (χ0) is 38.6. The minimum atomic E-state index is -3.08. The summed E-state index contributed by atoms with van der Waals surface area (Å²) in [7, 11) is -24.5. The van der Waals surface area contributed by atoms with Crippen LogP contribution >= 0.6 is 0 Å². The van der Waals surface area contributed by atoms with Crippen LogP contribution in [0.2, 0.25) is 71.0 Å². The van der Waals surface area contributed by atoms with Crippen molar-refractivity contribution in [2.75, 3.05) is 6.54 Å². The molecule has 6 fully saturated rings. The Labute approximate surface area is 327 Å². The Morgan fingerprint density at radius 1 is 0.327 bits per heavy atom. The molecule has 0 amide bonds. The summed E-state index contributed by atoms with van der Waals surface area (Å²) in [4.78, 5) is 0. The van der Waals surface area contributed by atoms with E-state index in [1.807, 2.05) is 0 Å². The van der Waals surface area contributed by atoms with Crippen LogP contribution in [0.4, 0.5) is 0 Å². The monoisotopic (exact) mass is 865 g/mol. The topological polar surface area (TPSA) is 99.9 Å². The highest BCUT2D eigenvalue weighted by Crippen LogP contribution is 2.59. The molecule has 8 atom stereocenters. The fourth-order valence-electron chi connectivity index (χ4n) is 11.1. The molecule has 6 saturated heterocycles. The second-order valence-electron chi connectivity index (χ2n) is 20.9. The van der Waals surface area contributed by atoms with E-state index in [1.54, 1.807) is 0 Å². The van der Waals surface area contributed by atoms with Gasteiger partial charge in [-0.2, -0.15) is 0 Å². The van der Waals surface area contributed by atoms with Gasteiger partial charge in [0, 0.05) is 22.7 Å². The average Bonchev–Trinajstić information content (AvgIpc) is 2.84. The molecular formula is C35H79NO8Si8. The molecule has 0 spiro atoms. The maximum atomic E-state index is 8.33. The summed E-state index contributed by atoms with van der Waals surface area (Å²) in [5.74, 6) is 2.81. The van der Waals surface area contributed by atoms with E-state index in [2.05, 4.69) is 96.9 Å². The van der Waals surface area contributed by atoms with Crippen molar-refractivity contribution in [1.29, 1.82) is 0 Å². The van der Waals surface area contributed by atoms with Gasteiger partial charge in [0.2, 0.25) is 0 Å². The van der Waals surface area contributed by atoms with Crippen LogP contribution in [0.25, 0.3) is 0 Å². The Kier molecular flexibility index (Phi) is 13.9. The maximum Gasteiger partial charge on any atom is 0.322 e. The lowest BCUT2D eigenvalue weighted by atomic mass is 10.3. The van der Waals surface area contributed by atoms with Gasteiger partial charge in [0.15, 0.2) is 0 Å². The van der Waals surface area contributed by atoms with Crippen LogP contribution in [0.15, 0.2) is 0 Å². The number of hydrogen-bond donors (Lipinski definition) is 1. The van der Waals surface area contributed by atoms with Gasteiger partial charge >= 0.3 is 68.5 Å². The number of nitrogens with two attached hydrogens (primary N) is 1. The second kappa shape index (κ2) is 16.2. The third-order valence-electron chi connectivity index (χ3n) is 10.9. The Hall–Kier alpha value is 1.38. The summed E-state index contributed by atoms with van der Waals surface area (Å²) >= 11 is 0. The quantitative estimate of drug-likeness (QED) is 0.143. The standard InChI is InChI=1S/C35H79NO8Si8/c1-29(2)18-46-25-45(17-15-16-36)37-47(19-30(3)4)26-49(39-46,21-32(7)8)43-52(24-35(13)14)28-51(40-46,23-34(11)12)42-48(38-45,20-31(5)6)27-50(41-47,44-52)22-33(9)10/h29-35H,15-28,36H2,1-14H3. The molecule has 6 rings (SSSR count). The third kappa shape index (κ3) is 10.1. The fourth-order valence-corrected chi connectivity index (χ4v) is 85.0. The van der Waals surface area contributed by atoms with Crippen LogP contribution in [0.1, 0.15) is 103 Å². The van der Waals surface area contributed by atoms with Crippen LogP contribution < -0.4 is 5.73 Å². The van der Waals surface area contributed by atoms with Crippen LogP contribution in [-0.2, 0) is 32.9 Å². The zero-order valence-corrected chi connectivity index (χ0v) is 43.8. The van der Waals surface area contributed by atoms with Gasteiger partial charge in [0.05, 0.1) is 0 Å². The zero-order valence-electron chi connectivity index (χ0n) is 35.8. The largest absolute Gasteiger partial charge is 0.415 e. The van der Waals surface area contributed by atoms with Gasteiger partial charge in [0.1, 0.15) is 0 Å². The minimum Gasteiger partial charge on any atom is -0.415 e. The van der Waals surface area contributed by atoms with E-state index >= 15 is 0 Å². The molecule has 0 aromatic rings. The van der Waals surface area contributed by atoms with E-state index in [0.29, 0.717) is 48.0 Å². The van der Waals surface area contributed by atoms with Gasteiger partial charge in [0.25, 0.3) is 0 Å². The highest BCUT2D eigenvalue weighted by atomic mass is 28.6. The number of rotatable bonds is 17. The van der Waals surface area contributed by atoms with Crippen molar-refractivity contribution in [2.24, 2.45) is 47.2 Å². The molecule has 52 heavy (non-hydrogen) atoms. The lowest BCUT2D eigenvalue weighted by Crippen LogP contribution is -2.85. The summed E-state index contributed by atoms with van der Waals surface area (Å²) in [6.07, 6.45) is 0.867. The first kappa shape index (κ1) is 44.5. The van der Waals surface area contributed by atoms with E-state index in [-0.39, 0.29) is 0 Å². The SMILES string of the molecule is CC(C)C[Si]12C[Si]3(CC(C)C)O[Si]4(CC(C)C)C[Si]5(CC(C)C)O[Si](CC(C)C)(C[Si](CCCN)(O1)O4)O[Si](CC(C)C)(C[Si](CC(C)C)(O3)O5)O2. The summed E-state index contributed by atoms with van der Waals surface area (Å²) in [6.45, 7) is 33.5. The van der Waals surface area contributed by atoms with Crippen molar-refractivity contribution in [2.45, 2.75) is 174 Å². The molecule has 0 radical (unpaired) electrons. The molecule has 2 N–H and O–H groups in total. The van der Waals surface area contributed by atoms with Gasteiger partial charge in [-0.25, -0.2) is 0 Å². The second-order valence-corrected chi connectivity index (χ2v) is 51.0. The van der Waals surface area contributed by atoms with Gasteiger partial charge in [-0.1, -0.05) is 96.9 Å². The molecule has 6 aliphatic rings. The highest BCUT2D eigenvalue weighted by Gasteiger charge is 2.78. The third-order valence-corrected chi connectivity index (χ3v) is 63.2. The summed E-state index contributed by atoms with van der Waals surface area (Å²) in [5, 5.41) is 0. The summed E-state index contributed by atoms with van der Waals surface area (Å²) in [6, 6.07) is 7.25. The van der Waals surface area contributed by atoms with Crippen molar-refractivity contribution in [3.05, 3.63) is 0 Å². The Morgan fingerprint density at radius 3 is 0.673 bits per heavy atom. The molecule has 17 heteroatoms.